The van der Waals surface area contributed by atoms with Gasteiger partial charge in [-0.15, -0.1) is 0 Å². The van der Waals surface area contributed by atoms with Crippen LogP contribution in [0.3, 0.4) is 0 Å². The number of nitrogens with zero attached hydrogens (tertiary/aromatic N) is 1. The minimum Gasteiger partial charge on any atom is -0.464 e. The van der Waals surface area contributed by atoms with Crippen LogP contribution in [-0.4, -0.2) is 42.8 Å². The van der Waals surface area contributed by atoms with Gasteiger partial charge in [0.05, 0.1) is 14.2 Å². The molecule has 0 fully saturated rings. The number of carbonyl (C=O) groups is 3. The largest absolute Gasteiger partial charge is 0.464 e. The maximum absolute atomic E-state index is 11.6. The Hall–Kier alpha value is -2.64. The van der Waals surface area contributed by atoms with Crippen molar-refractivity contribution in [3.8, 4) is 0 Å². The second-order valence-corrected chi connectivity index (χ2v) is 5.58. The molecule has 0 spiro atoms. The highest BCUT2D eigenvalue weighted by molar-refractivity contribution is 5.91. The molecule has 1 aromatic rings. The molecule has 0 aromatic carbocycles. The minimum atomic E-state index is -0.700. The van der Waals surface area contributed by atoms with Crippen LogP contribution in [0.1, 0.15) is 47.3 Å². The molecule has 0 bridgehead atoms. The van der Waals surface area contributed by atoms with Crippen LogP contribution in [0.4, 0.5) is 4.79 Å². The van der Waals surface area contributed by atoms with Gasteiger partial charge >= 0.3 is 18.0 Å². The summed E-state index contributed by atoms with van der Waals surface area (Å²) >= 11 is 0. The summed E-state index contributed by atoms with van der Waals surface area (Å²) < 4.78 is 14.3. The molecule has 1 amide bonds. The molecule has 1 N–H and O–H groups in total. The second-order valence-electron chi connectivity index (χ2n) is 5.58. The average molecular weight is 324 g/mol. The van der Waals surface area contributed by atoms with Crippen molar-refractivity contribution in [3.05, 3.63) is 29.1 Å². The third-order valence-electron chi connectivity index (χ3n) is 2.51. The third kappa shape index (κ3) is 5.93. The molecule has 0 saturated heterocycles. The molecule has 0 aliphatic carbocycles. The molecule has 1 rings (SSSR count). The highest BCUT2D eigenvalue weighted by Crippen LogP contribution is 2.10. The van der Waals surface area contributed by atoms with Gasteiger partial charge < -0.3 is 19.5 Å². The van der Waals surface area contributed by atoms with Gasteiger partial charge in [-0.3, -0.25) is 0 Å². The average Bonchev–Trinajstić information content (AvgIpc) is 2.49. The third-order valence-corrected chi connectivity index (χ3v) is 2.51. The summed E-state index contributed by atoms with van der Waals surface area (Å²) in [4.78, 5) is 38.7. The Labute approximate surface area is 134 Å². The molecule has 1 aromatic heterocycles. The number of hydrogen-bond acceptors (Lipinski definition) is 7. The van der Waals surface area contributed by atoms with Gasteiger partial charge in [-0.1, -0.05) is 0 Å². The number of hydrogen-bond donors (Lipinski definition) is 1. The fourth-order valence-corrected chi connectivity index (χ4v) is 1.60. The van der Waals surface area contributed by atoms with E-state index in [2.05, 4.69) is 19.8 Å². The van der Waals surface area contributed by atoms with Gasteiger partial charge in [-0.2, -0.15) is 0 Å². The summed E-state index contributed by atoms with van der Waals surface area (Å²) in [5.41, 5.74) is -0.268. The Balaban J connectivity index is 2.94. The van der Waals surface area contributed by atoms with Crippen LogP contribution < -0.4 is 5.32 Å². The van der Waals surface area contributed by atoms with Crippen LogP contribution in [-0.2, 0) is 20.8 Å². The van der Waals surface area contributed by atoms with E-state index in [1.54, 1.807) is 20.8 Å². The van der Waals surface area contributed by atoms with E-state index in [4.69, 9.17) is 4.74 Å². The Bertz CT molecular complexity index is 572. The summed E-state index contributed by atoms with van der Waals surface area (Å²) in [6, 6.07) is 2.82. The predicted molar refractivity (Wildman–Crippen MR) is 80.0 cm³/mol. The summed E-state index contributed by atoms with van der Waals surface area (Å²) in [7, 11) is 2.40. The van der Waals surface area contributed by atoms with E-state index in [9.17, 15) is 14.4 Å². The summed E-state index contributed by atoms with van der Waals surface area (Å²) in [6.45, 7) is 5.27. The van der Waals surface area contributed by atoms with Gasteiger partial charge in [0.15, 0.2) is 0 Å². The lowest BCUT2D eigenvalue weighted by atomic mass is 10.2. The highest BCUT2D eigenvalue weighted by Gasteiger charge is 2.18. The van der Waals surface area contributed by atoms with Crippen molar-refractivity contribution in [3.63, 3.8) is 0 Å². The molecule has 0 atom stereocenters. The van der Waals surface area contributed by atoms with E-state index >= 15 is 0 Å². The van der Waals surface area contributed by atoms with Crippen molar-refractivity contribution >= 4 is 18.0 Å². The molecule has 0 aliphatic heterocycles. The highest BCUT2D eigenvalue weighted by atomic mass is 16.6. The van der Waals surface area contributed by atoms with Gasteiger partial charge in [0.2, 0.25) is 0 Å². The first-order chi connectivity index (χ1) is 10.7. The lowest BCUT2D eigenvalue weighted by Crippen LogP contribution is -2.32. The number of methoxy groups -OCH3 is 2. The number of rotatable bonds is 4. The first-order valence-corrected chi connectivity index (χ1v) is 6.80. The van der Waals surface area contributed by atoms with Crippen molar-refractivity contribution < 1.29 is 28.6 Å². The lowest BCUT2D eigenvalue weighted by molar-refractivity contribution is 0.0522. The number of alkyl carbamates (subject to hydrolysis) is 1. The molecule has 0 unspecified atom stereocenters. The van der Waals surface area contributed by atoms with E-state index in [0.717, 1.165) is 0 Å². The van der Waals surface area contributed by atoms with E-state index in [-0.39, 0.29) is 17.9 Å². The van der Waals surface area contributed by atoms with E-state index < -0.39 is 23.6 Å². The standard InChI is InChI=1S/C15H20N2O6/c1-15(2,3)23-14(20)16-8-9-6-10(12(18)21-4)17-11(7-9)13(19)22-5/h6-7H,8H2,1-5H3,(H,16,20). The minimum absolute atomic E-state index is 0.0470. The zero-order chi connectivity index (χ0) is 17.6. The SMILES string of the molecule is COC(=O)c1cc(CNC(=O)OC(C)(C)C)cc(C(=O)OC)n1. The summed E-state index contributed by atoms with van der Waals surface area (Å²) in [5.74, 6) is -1.40. The quantitative estimate of drug-likeness (QED) is 0.663. The van der Waals surface area contributed by atoms with Gasteiger partial charge in [-0.25, -0.2) is 19.4 Å². The van der Waals surface area contributed by atoms with Crippen LogP contribution >= 0.6 is 0 Å². The van der Waals surface area contributed by atoms with Crippen LogP contribution in [0.5, 0.6) is 0 Å². The lowest BCUT2D eigenvalue weighted by Gasteiger charge is -2.19. The van der Waals surface area contributed by atoms with Crippen molar-refractivity contribution in [1.82, 2.24) is 10.3 Å². The van der Waals surface area contributed by atoms with E-state index in [1.807, 2.05) is 0 Å². The number of carbonyl (C=O) groups excluding carboxylic acids is 3. The number of aromatic nitrogens is 1. The Kier molecular flexibility index (Phi) is 6.06. The number of amides is 1. The number of ether oxygens (including phenoxy) is 3. The molecule has 0 saturated carbocycles. The second kappa shape index (κ2) is 7.57. The zero-order valence-electron chi connectivity index (χ0n) is 13.8. The van der Waals surface area contributed by atoms with Crippen molar-refractivity contribution in [2.75, 3.05) is 14.2 Å². The van der Waals surface area contributed by atoms with Crippen LogP contribution in [0, 0.1) is 0 Å². The van der Waals surface area contributed by atoms with Crippen LogP contribution in [0.25, 0.3) is 0 Å². The zero-order valence-corrected chi connectivity index (χ0v) is 13.8. The van der Waals surface area contributed by atoms with Crippen LogP contribution in [0.15, 0.2) is 12.1 Å². The maximum atomic E-state index is 11.6. The first-order valence-electron chi connectivity index (χ1n) is 6.80. The topological polar surface area (TPSA) is 104 Å². The van der Waals surface area contributed by atoms with Crippen molar-refractivity contribution in [2.45, 2.75) is 32.9 Å². The summed E-state index contributed by atoms with van der Waals surface area (Å²) in [6.07, 6.45) is -0.617. The van der Waals surface area contributed by atoms with Gasteiger partial charge in [0.25, 0.3) is 0 Å². The smallest absolute Gasteiger partial charge is 0.407 e. The summed E-state index contributed by atoms with van der Waals surface area (Å²) in [5, 5.41) is 2.53. The maximum Gasteiger partial charge on any atom is 0.407 e. The predicted octanol–water partition coefficient (Wildman–Crippen LogP) is 1.68. The Morgan fingerprint density at radius 1 is 1.04 bits per heavy atom. The normalized spacial score (nSPS) is 10.7. The van der Waals surface area contributed by atoms with E-state index in [1.165, 1.54) is 26.4 Å². The molecule has 126 valence electrons. The van der Waals surface area contributed by atoms with E-state index in [0.29, 0.717) is 5.56 Å². The molecule has 1 heterocycles. The molecule has 8 heteroatoms. The molecular weight excluding hydrogens is 304 g/mol. The number of esters is 2. The fraction of sp³-hybridized carbons (Fsp3) is 0.467. The molecule has 8 nitrogen and oxygen atoms in total. The fourth-order valence-electron chi connectivity index (χ4n) is 1.60. The van der Waals surface area contributed by atoms with Gasteiger partial charge in [0.1, 0.15) is 17.0 Å². The first kappa shape index (κ1) is 18.4. The monoisotopic (exact) mass is 324 g/mol. The van der Waals surface area contributed by atoms with Crippen molar-refractivity contribution in [2.24, 2.45) is 0 Å². The molecule has 0 radical (unpaired) electrons. The number of pyridine rings is 1. The molecule has 0 aliphatic rings. The van der Waals surface area contributed by atoms with Crippen LogP contribution in [0.2, 0.25) is 0 Å². The van der Waals surface area contributed by atoms with Gasteiger partial charge in [0, 0.05) is 6.54 Å². The van der Waals surface area contributed by atoms with Crippen molar-refractivity contribution in [1.29, 1.82) is 0 Å². The van der Waals surface area contributed by atoms with Gasteiger partial charge in [-0.05, 0) is 38.5 Å². The Morgan fingerprint density at radius 2 is 1.52 bits per heavy atom. The molecule has 23 heavy (non-hydrogen) atoms. The molecular formula is C15H20N2O6. The Morgan fingerprint density at radius 3 is 1.91 bits per heavy atom. The number of nitrogens with one attached hydrogen (secondary N) is 1.